The minimum absolute atomic E-state index is 1.14. The van der Waals surface area contributed by atoms with E-state index in [4.69, 9.17) is 0 Å². The van der Waals surface area contributed by atoms with Crippen molar-refractivity contribution in [3.8, 4) is 20.9 Å². The van der Waals surface area contributed by atoms with Crippen LogP contribution in [0.25, 0.3) is 65.4 Å². The van der Waals surface area contributed by atoms with Gasteiger partial charge in [-0.05, 0) is 121 Å². The van der Waals surface area contributed by atoms with Gasteiger partial charge in [0.15, 0.2) is 0 Å². The van der Waals surface area contributed by atoms with Crippen molar-refractivity contribution in [3.05, 3.63) is 199 Å². The maximum absolute atomic E-state index is 2.34. The molecule has 0 aliphatic heterocycles. The molecule has 1 aromatic heterocycles. The Morgan fingerprint density at radius 1 is 0.320 bits per heavy atom. The first-order valence-electron chi connectivity index (χ1n) is 17.0. The molecule has 0 fully saturated rings. The van der Waals surface area contributed by atoms with Gasteiger partial charge in [-0.3, -0.25) is 0 Å². The molecule has 0 aliphatic carbocycles. The van der Waals surface area contributed by atoms with Crippen LogP contribution in [0, 0.1) is 0 Å². The Kier molecular flexibility index (Phi) is 7.77. The summed E-state index contributed by atoms with van der Waals surface area (Å²) in [5.41, 5.74) is 8.32. The monoisotopic (exact) mass is 655 g/mol. The van der Waals surface area contributed by atoms with Gasteiger partial charge in [0.1, 0.15) is 0 Å². The van der Waals surface area contributed by atoms with E-state index in [0.717, 1.165) is 17.1 Å². The van der Waals surface area contributed by atoms with E-state index >= 15 is 0 Å². The predicted molar refractivity (Wildman–Crippen MR) is 218 cm³/mol. The molecule has 0 saturated heterocycles. The third-order valence-corrected chi connectivity index (χ3v) is 10.6. The second-order valence-corrected chi connectivity index (χ2v) is 13.8. The van der Waals surface area contributed by atoms with Crippen molar-refractivity contribution < 1.29 is 0 Å². The topological polar surface area (TPSA) is 3.24 Å². The number of benzene rings is 8. The van der Waals surface area contributed by atoms with Gasteiger partial charge in [-0.15, -0.1) is 11.3 Å². The van der Waals surface area contributed by atoms with Gasteiger partial charge in [0.2, 0.25) is 0 Å². The molecule has 0 amide bonds. The van der Waals surface area contributed by atoms with Crippen LogP contribution in [-0.4, -0.2) is 0 Å². The number of nitrogens with zero attached hydrogens (tertiary/aromatic N) is 1. The Labute approximate surface area is 296 Å². The molecule has 0 unspecified atom stereocenters. The van der Waals surface area contributed by atoms with E-state index < -0.39 is 0 Å². The predicted octanol–water partition coefficient (Wildman–Crippen LogP) is 14.2. The molecule has 236 valence electrons. The SMILES string of the molecule is C(=Cc1ccc2cc(N(c3ccccc3)c3ccc4ccccc4c3)ccc2c1)c1ccc2cc(-c3ccc(-c4ccccc4)s3)ccc2c1. The summed E-state index contributed by atoms with van der Waals surface area (Å²) in [5, 5.41) is 7.41. The highest BCUT2D eigenvalue weighted by atomic mass is 32.1. The van der Waals surface area contributed by atoms with Gasteiger partial charge in [0.25, 0.3) is 0 Å². The molecule has 9 rings (SSSR count). The van der Waals surface area contributed by atoms with Crippen molar-refractivity contribution in [1.29, 1.82) is 0 Å². The van der Waals surface area contributed by atoms with Gasteiger partial charge >= 0.3 is 0 Å². The molecule has 2 heteroatoms. The van der Waals surface area contributed by atoms with Crippen LogP contribution >= 0.6 is 11.3 Å². The average molecular weight is 656 g/mol. The fourth-order valence-corrected chi connectivity index (χ4v) is 7.81. The summed E-state index contributed by atoms with van der Waals surface area (Å²) in [6, 6.07) is 67.9. The van der Waals surface area contributed by atoms with Gasteiger partial charge in [-0.1, -0.05) is 133 Å². The Balaban J connectivity index is 0.969. The van der Waals surface area contributed by atoms with Gasteiger partial charge in [-0.25, -0.2) is 0 Å². The maximum Gasteiger partial charge on any atom is 0.0468 e. The molecule has 0 aliphatic rings. The lowest BCUT2D eigenvalue weighted by Gasteiger charge is -2.26. The molecular weight excluding hydrogens is 623 g/mol. The van der Waals surface area contributed by atoms with E-state index in [1.54, 1.807) is 0 Å². The lowest BCUT2D eigenvalue weighted by molar-refractivity contribution is 1.29. The molecular formula is C48H33NS. The van der Waals surface area contributed by atoms with E-state index in [-0.39, 0.29) is 0 Å². The highest BCUT2D eigenvalue weighted by molar-refractivity contribution is 7.18. The number of fused-ring (bicyclic) bond motifs is 3. The fourth-order valence-electron chi connectivity index (χ4n) is 6.80. The van der Waals surface area contributed by atoms with Crippen molar-refractivity contribution in [1.82, 2.24) is 0 Å². The number of anilines is 3. The first-order valence-corrected chi connectivity index (χ1v) is 17.8. The standard InChI is InChI=1S/C48H33NS/c1-3-10-37(11-4-1)47-27-28-48(50-47)43-22-21-39-29-34(17-19-41(39)31-43)15-16-35-18-20-42-33-46(26-24-40(42)30-35)49(44-13-5-2-6-14-44)45-25-23-36-9-7-8-12-38(36)32-45/h1-33H. The molecule has 0 saturated carbocycles. The van der Waals surface area contributed by atoms with Crippen molar-refractivity contribution in [3.63, 3.8) is 0 Å². The zero-order valence-corrected chi connectivity index (χ0v) is 28.2. The normalized spacial score (nSPS) is 11.5. The van der Waals surface area contributed by atoms with Crippen molar-refractivity contribution >= 4 is 72.9 Å². The van der Waals surface area contributed by atoms with Crippen LogP contribution in [0.3, 0.4) is 0 Å². The number of hydrogen-bond acceptors (Lipinski definition) is 2. The van der Waals surface area contributed by atoms with Gasteiger partial charge in [0, 0.05) is 26.8 Å². The summed E-state index contributed by atoms with van der Waals surface area (Å²) >= 11 is 1.84. The third kappa shape index (κ3) is 5.98. The molecule has 8 aromatic carbocycles. The fraction of sp³-hybridized carbons (Fsp3) is 0. The van der Waals surface area contributed by atoms with E-state index in [0.29, 0.717) is 0 Å². The average Bonchev–Trinajstić information content (AvgIpc) is 3.68. The summed E-state index contributed by atoms with van der Waals surface area (Å²) in [6.45, 7) is 0. The lowest BCUT2D eigenvalue weighted by Crippen LogP contribution is -2.09. The maximum atomic E-state index is 2.34. The van der Waals surface area contributed by atoms with E-state index in [9.17, 15) is 0 Å². The summed E-state index contributed by atoms with van der Waals surface area (Å²) < 4.78 is 0. The van der Waals surface area contributed by atoms with Crippen LogP contribution in [0.2, 0.25) is 0 Å². The van der Waals surface area contributed by atoms with Gasteiger partial charge < -0.3 is 4.90 Å². The van der Waals surface area contributed by atoms with Crippen LogP contribution < -0.4 is 4.90 Å². The number of thiophene rings is 1. The molecule has 1 nitrogen and oxygen atoms in total. The largest absolute Gasteiger partial charge is 0.310 e. The molecule has 50 heavy (non-hydrogen) atoms. The van der Waals surface area contributed by atoms with E-state index in [2.05, 4.69) is 205 Å². The van der Waals surface area contributed by atoms with E-state index in [1.807, 2.05) is 11.3 Å². The molecule has 0 atom stereocenters. The molecule has 0 N–H and O–H groups in total. The Morgan fingerprint density at radius 2 is 0.800 bits per heavy atom. The zero-order chi connectivity index (χ0) is 33.3. The second kappa shape index (κ2) is 13.0. The van der Waals surface area contributed by atoms with E-state index in [1.165, 1.54) is 64.3 Å². The third-order valence-electron chi connectivity index (χ3n) is 9.39. The van der Waals surface area contributed by atoms with Crippen LogP contribution in [0.5, 0.6) is 0 Å². The minimum atomic E-state index is 1.14. The number of rotatable bonds is 7. The Morgan fingerprint density at radius 3 is 1.48 bits per heavy atom. The highest BCUT2D eigenvalue weighted by Gasteiger charge is 2.14. The minimum Gasteiger partial charge on any atom is -0.310 e. The first kappa shape index (κ1) is 29.9. The summed E-state index contributed by atoms with van der Waals surface area (Å²) in [5.74, 6) is 0. The molecule has 0 radical (unpaired) electrons. The summed E-state index contributed by atoms with van der Waals surface area (Å²) in [6.07, 6.45) is 4.43. The lowest BCUT2D eigenvalue weighted by atomic mass is 10.0. The van der Waals surface area contributed by atoms with Crippen LogP contribution in [0.15, 0.2) is 188 Å². The van der Waals surface area contributed by atoms with Crippen molar-refractivity contribution in [2.75, 3.05) is 4.90 Å². The van der Waals surface area contributed by atoms with Crippen LogP contribution in [-0.2, 0) is 0 Å². The van der Waals surface area contributed by atoms with Crippen molar-refractivity contribution in [2.24, 2.45) is 0 Å². The summed E-state index contributed by atoms with van der Waals surface area (Å²) in [7, 11) is 0. The van der Waals surface area contributed by atoms with Gasteiger partial charge in [-0.2, -0.15) is 0 Å². The molecule has 0 spiro atoms. The smallest absolute Gasteiger partial charge is 0.0468 e. The second-order valence-electron chi connectivity index (χ2n) is 12.7. The summed E-state index contributed by atoms with van der Waals surface area (Å²) in [4.78, 5) is 4.93. The number of para-hydroxylation sites is 1. The van der Waals surface area contributed by atoms with Crippen molar-refractivity contribution in [2.45, 2.75) is 0 Å². The zero-order valence-electron chi connectivity index (χ0n) is 27.4. The van der Waals surface area contributed by atoms with Crippen LogP contribution in [0.1, 0.15) is 11.1 Å². The molecule has 0 bridgehead atoms. The Bertz CT molecular complexity index is 2650. The molecule has 9 aromatic rings. The quantitative estimate of drug-likeness (QED) is 0.154. The Hall–Kier alpha value is -6.22. The first-order chi connectivity index (χ1) is 24.7. The number of hydrogen-bond donors (Lipinski definition) is 0. The highest BCUT2D eigenvalue weighted by Crippen LogP contribution is 2.38. The van der Waals surface area contributed by atoms with Gasteiger partial charge in [0.05, 0.1) is 0 Å². The molecule has 1 heterocycles. The van der Waals surface area contributed by atoms with Crippen LogP contribution in [0.4, 0.5) is 17.1 Å².